The number of thiophene rings is 1. The van der Waals surface area contributed by atoms with Crippen molar-refractivity contribution in [2.75, 3.05) is 26.2 Å². The zero-order valence-corrected chi connectivity index (χ0v) is 15.3. The van der Waals surface area contributed by atoms with E-state index in [0.29, 0.717) is 29.6 Å². The Bertz CT molecular complexity index is 935. The molecule has 0 aliphatic carbocycles. The van der Waals surface area contributed by atoms with Crippen molar-refractivity contribution in [3.05, 3.63) is 29.1 Å². The van der Waals surface area contributed by atoms with Gasteiger partial charge in [0.05, 0.1) is 0 Å². The average Bonchev–Trinajstić information content (AvgIpc) is 2.77. The van der Waals surface area contributed by atoms with Crippen molar-refractivity contribution >= 4 is 43.3 Å². The van der Waals surface area contributed by atoms with Crippen molar-refractivity contribution in [1.82, 2.24) is 9.21 Å². The molecule has 2 heterocycles. The average molecular weight is 382 g/mol. The zero-order chi connectivity index (χ0) is 18.2. The summed E-state index contributed by atoms with van der Waals surface area (Å²) in [5, 5.41) is 9.90. The van der Waals surface area contributed by atoms with Gasteiger partial charge in [-0.05, 0) is 12.5 Å². The van der Waals surface area contributed by atoms with Crippen LogP contribution < -0.4 is 0 Å². The summed E-state index contributed by atoms with van der Waals surface area (Å²) in [4.78, 5) is 24.4. The van der Waals surface area contributed by atoms with E-state index in [-0.39, 0.29) is 28.8 Å². The molecule has 1 aliphatic rings. The van der Waals surface area contributed by atoms with Crippen LogP contribution >= 0.6 is 11.3 Å². The molecule has 1 aromatic carbocycles. The number of amides is 1. The molecule has 2 aromatic rings. The number of benzene rings is 1. The predicted molar refractivity (Wildman–Crippen MR) is 94.4 cm³/mol. The molecule has 1 amide bonds. The topological polar surface area (TPSA) is 95.0 Å². The van der Waals surface area contributed by atoms with Crippen molar-refractivity contribution in [1.29, 1.82) is 0 Å². The first-order valence-electron chi connectivity index (χ1n) is 7.83. The summed E-state index contributed by atoms with van der Waals surface area (Å²) in [5.74, 6) is -1.34. The van der Waals surface area contributed by atoms with Crippen molar-refractivity contribution in [3.8, 4) is 0 Å². The Morgan fingerprint density at radius 2 is 1.84 bits per heavy atom. The minimum Gasteiger partial charge on any atom is -0.477 e. The van der Waals surface area contributed by atoms with Gasteiger partial charge in [0.15, 0.2) is 0 Å². The molecule has 7 nitrogen and oxygen atoms in total. The van der Waals surface area contributed by atoms with Crippen LogP contribution in [0, 0.1) is 0 Å². The second-order valence-corrected chi connectivity index (χ2v) is 8.75. The van der Waals surface area contributed by atoms with Gasteiger partial charge >= 0.3 is 5.97 Å². The first-order valence-corrected chi connectivity index (χ1v) is 10.1. The number of carbonyl (C=O) groups excluding carboxylic acids is 1. The highest BCUT2D eigenvalue weighted by atomic mass is 32.2. The Kier molecular flexibility index (Phi) is 4.81. The van der Waals surface area contributed by atoms with Crippen LogP contribution in [0.1, 0.15) is 23.0 Å². The third-order valence-electron chi connectivity index (χ3n) is 4.24. The molecule has 0 atom stereocenters. The lowest BCUT2D eigenvalue weighted by Crippen LogP contribution is -2.36. The summed E-state index contributed by atoms with van der Waals surface area (Å²) in [7, 11) is -3.97. The molecule has 0 saturated carbocycles. The van der Waals surface area contributed by atoms with Crippen LogP contribution in [0.4, 0.5) is 0 Å². The molecule has 3 rings (SSSR count). The zero-order valence-electron chi connectivity index (χ0n) is 13.6. The van der Waals surface area contributed by atoms with E-state index in [1.165, 1.54) is 11.2 Å². The summed E-state index contributed by atoms with van der Waals surface area (Å²) < 4.78 is 28.3. The lowest BCUT2D eigenvalue weighted by molar-refractivity contribution is -0.128. The van der Waals surface area contributed by atoms with Gasteiger partial charge in [-0.15, -0.1) is 11.3 Å². The van der Waals surface area contributed by atoms with E-state index in [9.17, 15) is 23.1 Å². The Labute approximate surface area is 149 Å². The minimum absolute atomic E-state index is 0.0912. The SMILES string of the molecule is CC(=O)N1CCCN(S(=O)(=O)c2c(C(=O)O)sc3ccccc23)CC1. The van der Waals surface area contributed by atoms with Gasteiger partial charge in [-0.25, -0.2) is 13.2 Å². The standard InChI is InChI=1S/C16H18N2O5S2/c1-11(19)17-7-4-8-18(10-9-17)25(22,23)15-12-5-2-3-6-13(12)24-14(15)16(20)21/h2-3,5-6H,4,7-10H2,1H3,(H,20,21). The first kappa shape index (κ1) is 17.8. The molecule has 0 bridgehead atoms. The van der Waals surface area contributed by atoms with E-state index in [1.807, 2.05) is 0 Å². The smallest absolute Gasteiger partial charge is 0.347 e. The molecule has 9 heteroatoms. The molecule has 1 aliphatic heterocycles. The lowest BCUT2D eigenvalue weighted by atomic mass is 10.2. The highest BCUT2D eigenvalue weighted by molar-refractivity contribution is 7.89. The molecule has 1 aromatic heterocycles. The van der Waals surface area contributed by atoms with Crippen molar-refractivity contribution in [2.45, 2.75) is 18.2 Å². The van der Waals surface area contributed by atoms with Crippen LogP contribution in [0.2, 0.25) is 0 Å². The Morgan fingerprint density at radius 1 is 1.12 bits per heavy atom. The number of rotatable bonds is 3. The van der Waals surface area contributed by atoms with E-state index in [1.54, 1.807) is 29.2 Å². The van der Waals surface area contributed by atoms with Crippen LogP contribution in [0.15, 0.2) is 29.2 Å². The number of hydrogen-bond acceptors (Lipinski definition) is 5. The second kappa shape index (κ2) is 6.74. The molecule has 134 valence electrons. The molecule has 1 N–H and O–H groups in total. The van der Waals surface area contributed by atoms with Crippen molar-refractivity contribution < 1.29 is 23.1 Å². The summed E-state index contributed by atoms with van der Waals surface area (Å²) in [5.41, 5.74) is 0. The number of aromatic carboxylic acids is 1. The number of hydrogen-bond donors (Lipinski definition) is 1. The summed E-state index contributed by atoms with van der Waals surface area (Å²) >= 11 is 0.964. The normalized spacial score (nSPS) is 16.8. The molecule has 25 heavy (non-hydrogen) atoms. The quantitative estimate of drug-likeness (QED) is 0.874. The fourth-order valence-corrected chi connectivity index (χ4v) is 6.17. The van der Waals surface area contributed by atoms with Gasteiger partial charge in [0.1, 0.15) is 9.77 Å². The predicted octanol–water partition coefficient (Wildman–Crippen LogP) is 1.84. The number of carboxylic acid groups (broad SMARTS) is 1. The third kappa shape index (κ3) is 3.26. The second-order valence-electron chi connectivity index (χ2n) is 5.83. The van der Waals surface area contributed by atoms with Gasteiger partial charge in [-0.2, -0.15) is 4.31 Å². The van der Waals surface area contributed by atoms with Crippen molar-refractivity contribution in [3.63, 3.8) is 0 Å². The van der Waals surface area contributed by atoms with Gasteiger partial charge in [0.2, 0.25) is 15.9 Å². The van der Waals surface area contributed by atoms with Crippen molar-refractivity contribution in [2.24, 2.45) is 0 Å². The highest BCUT2D eigenvalue weighted by Crippen LogP contribution is 2.36. The largest absolute Gasteiger partial charge is 0.477 e. The van der Waals surface area contributed by atoms with E-state index in [4.69, 9.17) is 0 Å². The van der Waals surface area contributed by atoms with Crippen LogP contribution in [-0.4, -0.2) is 60.8 Å². The Balaban J connectivity index is 2.06. The van der Waals surface area contributed by atoms with Crippen LogP contribution in [-0.2, 0) is 14.8 Å². The number of fused-ring (bicyclic) bond motifs is 1. The van der Waals surface area contributed by atoms with Gasteiger partial charge in [0, 0.05) is 43.2 Å². The van der Waals surface area contributed by atoms with E-state index in [0.717, 1.165) is 11.3 Å². The van der Waals surface area contributed by atoms with Crippen LogP contribution in [0.25, 0.3) is 10.1 Å². The van der Waals surface area contributed by atoms with Gasteiger partial charge in [-0.3, -0.25) is 4.79 Å². The van der Waals surface area contributed by atoms with E-state index >= 15 is 0 Å². The number of nitrogens with zero attached hydrogens (tertiary/aromatic N) is 2. The van der Waals surface area contributed by atoms with Gasteiger partial charge in [0.25, 0.3) is 0 Å². The molecular weight excluding hydrogens is 364 g/mol. The number of carboxylic acids is 1. The fraction of sp³-hybridized carbons (Fsp3) is 0.375. The van der Waals surface area contributed by atoms with Gasteiger partial charge < -0.3 is 10.0 Å². The summed E-state index contributed by atoms with van der Waals surface area (Å²) in [6.07, 6.45) is 0.517. The first-order chi connectivity index (χ1) is 11.8. The Morgan fingerprint density at radius 3 is 2.52 bits per heavy atom. The van der Waals surface area contributed by atoms with E-state index < -0.39 is 16.0 Å². The maximum atomic E-state index is 13.2. The minimum atomic E-state index is -3.97. The molecule has 0 unspecified atom stereocenters. The lowest BCUT2D eigenvalue weighted by Gasteiger charge is -2.21. The monoisotopic (exact) mass is 382 g/mol. The molecule has 0 spiro atoms. The maximum Gasteiger partial charge on any atom is 0.347 e. The fourth-order valence-electron chi connectivity index (χ4n) is 3.00. The molecule has 0 radical (unpaired) electrons. The summed E-state index contributed by atoms with van der Waals surface area (Å²) in [6.45, 7) is 2.68. The summed E-state index contributed by atoms with van der Waals surface area (Å²) in [6, 6.07) is 6.79. The highest BCUT2D eigenvalue weighted by Gasteiger charge is 2.34. The maximum absolute atomic E-state index is 13.2. The van der Waals surface area contributed by atoms with Crippen LogP contribution in [0.5, 0.6) is 0 Å². The third-order valence-corrected chi connectivity index (χ3v) is 7.52. The number of sulfonamides is 1. The van der Waals surface area contributed by atoms with E-state index in [2.05, 4.69) is 0 Å². The van der Waals surface area contributed by atoms with Gasteiger partial charge in [-0.1, -0.05) is 18.2 Å². The molecular formula is C16H18N2O5S2. The molecule has 1 saturated heterocycles. The van der Waals surface area contributed by atoms with Crippen LogP contribution in [0.3, 0.4) is 0 Å². The Hall–Kier alpha value is -1.97. The number of carbonyl (C=O) groups is 2. The molecule has 1 fully saturated rings.